The molecule has 3 aromatic heterocycles. The zero-order chi connectivity index (χ0) is 17.4. The van der Waals surface area contributed by atoms with Crippen molar-refractivity contribution in [3.8, 4) is 11.5 Å². The van der Waals surface area contributed by atoms with Crippen molar-refractivity contribution < 1.29 is 8.78 Å². The third kappa shape index (κ3) is 2.78. The number of aromatic nitrogens is 5. The first-order valence-electron chi connectivity index (χ1n) is 7.43. The highest BCUT2D eigenvalue weighted by Crippen LogP contribution is 2.19. The summed E-state index contributed by atoms with van der Waals surface area (Å²) in [6.45, 7) is 0. The van der Waals surface area contributed by atoms with Crippen molar-refractivity contribution in [3.63, 3.8) is 0 Å². The van der Waals surface area contributed by atoms with E-state index >= 15 is 0 Å². The molecule has 0 amide bonds. The first kappa shape index (κ1) is 15.1. The van der Waals surface area contributed by atoms with E-state index in [0.717, 1.165) is 6.20 Å². The zero-order valence-corrected chi connectivity index (χ0v) is 12.8. The topological polar surface area (TPSA) is 75.9 Å². The van der Waals surface area contributed by atoms with Crippen molar-refractivity contribution in [1.82, 2.24) is 24.3 Å². The average molecular weight is 339 g/mol. The van der Waals surface area contributed by atoms with Crippen molar-refractivity contribution in [3.05, 3.63) is 82.3 Å². The molecule has 0 saturated heterocycles. The molecule has 0 aliphatic carbocycles. The molecule has 0 fully saturated rings. The van der Waals surface area contributed by atoms with Crippen LogP contribution >= 0.6 is 0 Å². The second kappa shape index (κ2) is 5.90. The lowest BCUT2D eigenvalue weighted by Gasteiger charge is -2.08. The second-order valence-corrected chi connectivity index (χ2v) is 5.41. The van der Waals surface area contributed by atoms with Gasteiger partial charge in [-0.2, -0.15) is 4.39 Å². The molecule has 0 aliphatic rings. The number of hydrogen-bond acceptors (Lipinski definition) is 4. The van der Waals surface area contributed by atoms with E-state index in [1.807, 2.05) is 0 Å². The summed E-state index contributed by atoms with van der Waals surface area (Å²) in [5.41, 5.74) is 0.996. The van der Waals surface area contributed by atoms with E-state index < -0.39 is 11.4 Å². The molecular weight excluding hydrogens is 328 g/mol. The van der Waals surface area contributed by atoms with E-state index in [1.165, 1.54) is 6.07 Å². The molecule has 0 atom stereocenters. The summed E-state index contributed by atoms with van der Waals surface area (Å²) in [4.78, 5) is 26.4. The molecule has 124 valence electrons. The van der Waals surface area contributed by atoms with Crippen LogP contribution in [0.2, 0.25) is 0 Å². The van der Waals surface area contributed by atoms with E-state index in [9.17, 15) is 13.6 Å². The minimum atomic E-state index is -0.973. The molecule has 8 heteroatoms. The minimum Gasteiger partial charge on any atom is -0.303 e. The maximum absolute atomic E-state index is 14.0. The third-order valence-corrected chi connectivity index (χ3v) is 3.76. The number of imidazole rings is 1. The summed E-state index contributed by atoms with van der Waals surface area (Å²) in [5.74, 6) is -1.19. The van der Waals surface area contributed by atoms with Gasteiger partial charge in [0.15, 0.2) is 11.5 Å². The van der Waals surface area contributed by atoms with Gasteiger partial charge in [0.2, 0.25) is 5.82 Å². The highest BCUT2D eigenvalue weighted by molar-refractivity contribution is 5.55. The average Bonchev–Trinajstić information content (AvgIpc) is 3.08. The molecule has 3 heterocycles. The van der Waals surface area contributed by atoms with Gasteiger partial charge in [0, 0.05) is 25.0 Å². The molecule has 6 nitrogen and oxygen atoms in total. The van der Waals surface area contributed by atoms with Crippen LogP contribution in [0.25, 0.3) is 17.2 Å². The van der Waals surface area contributed by atoms with Crippen LogP contribution in [-0.4, -0.2) is 24.3 Å². The van der Waals surface area contributed by atoms with E-state index in [0.29, 0.717) is 22.6 Å². The standard InChI is InChI=1S/C17H11F2N5O/c18-11-4-2-1-3-10(11)7-13-16-20-5-6-24(16)9-14(22-13)15-21-8-12(19)17(25)23-15/h1-6,8-9H,7H2,(H,21,23,25). The first-order chi connectivity index (χ1) is 12.1. The number of halogens is 2. The second-order valence-electron chi connectivity index (χ2n) is 5.41. The molecular formula is C17H11F2N5O. The first-order valence-corrected chi connectivity index (χ1v) is 7.43. The summed E-state index contributed by atoms with van der Waals surface area (Å²) >= 11 is 0. The van der Waals surface area contributed by atoms with E-state index in [-0.39, 0.29) is 18.1 Å². The fourth-order valence-corrected chi connectivity index (χ4v) is 2.56. The van der Waals surface area contributed by atoms with Crippen LogP contribution in [0, 0.1) is 11.6 Å². The molecule has 1 N–H and O–H groups in total. The number of fused-ring (bicyclic) bond motifs is 1. The summed E-state index contributed by atoms with van der Waals surface area (Å²) in [7, 11) is 0. The fraction of sp³-hybridized carbons (Fsp3) is 0.0588. The van der Waals surface area contributed by atoms with Gasteiger partial charge in [-0.15, -0.1) is 0 Å². The molecule has 25 heavy (non-hydrogen) atoms. The molecule has 0 bridgehead atoms. The fourth-order valence-electron chi connectivity index (χ4n) is 2.56. The Balaban J connectivity index is 1.86. The zero-order valence-electron chi connectivity index (χ0n) is 12.8. The number of benzene rings is 1. The Morgan fingerprint density at radius 3 is 2.76 bits per heavy atom. The highest BCUT2D eigenvalue weighted by atomic mass is 19.1. The van der Waals surface area contributed by atoms with Crippen molar-refractivity contribution in [2.24, 2.45) is 0 Å². The number of H-pyrrole nitrogens is 1. The van der Waals surface area contributed by atoms with Crippen LogP contribution in [0.3, 0.4) is 0 Å². The summed E-state index contributed by atoms with van der Waals surface area (Å²) < 4.78 is 28.8. The van der Waals surface area contributed by atoms with Gasteiger partial charge in [-0.1, -0.05) is 18.2 Å². The summed E-state index contributed by atoms with van der Waals surface area (Å²) in [5, 5.41) is 0. The molecule has 0 radical (unpaired) electrons. The number of aromatic amines is 1. The smallest absolute Gasteiger partial charge is 0.287 e. The van der Waals surface area contributed by atoms with E-state index in [1.54, 1.807) is 41.2 Å². The number of hydrogen-bond donors (Lipinski definition) is 1. The molecule has 4 rings (SSSR count). The van der Waals surface area contributed by atoms with Gasteiger partial charge in [0.05, 0.1) is 11.9 Å². The van der Waals surface area contributed by atoms with Crippen LogP contribution in [0.15, 0.2) is 53.8 Å². The predicted molar refractivity (Wildman–Crippen MR) is 86.0 cm³/mol. The molecule has 0 spiro atoms. The summed E-state index contributed by atoms with van der Waals surface area (Å²) in [6, 6.07) is 6.40. The van der Waals surface area contributed by atoms with Crippen LogP contribution < -0.4 is 5.56 Å². The van der Waals surface area contributed by atoms with Gasteiger partial charge in [-0.05, 0) is 11.6 Å². The number of rotatable bonds is 3. The Morgan fingerprint density at radius 1 is 1.12 bits per heavy atom. The number of nitrogens with one attached hydrogen (secondary N) is 1. The van der Waals surface area contributed by atoms with Crippen LogP contribution in [-0.2, 0) is 6.42 Å². The van der Waals surface area contributed by atoms with Gasteiger partial charge >= 0.3 is 0 Å². The Bertz CT molecular complexity index is 1140. The monoisotopic (exact) mass is 339 g/mol. The molecule has 4 aromatic rings. The van der Waals surface area contributed by atoms with Gasteiger partial charge < -0.3 is 9.38 Å². The van der Waals surface area contributed by atoms with Crippen LogP contribution in [0.4, 0.5) is 8.78 Å². The van der Waals surface area contributed by atoms with Crippen molar-refractivity contribution in [2.45, 2.75) is 6.42 Å². The predicted octanol–water partition coefficient (Wildman–Crippen LogP) is 2.35. The van der Waals surface area contributed by atoms with Gasteiger partial charge in [0.25, 0.3) is 5.56 Å². The highest BCUT2D eigenvalue weighted by Gasteiger charge is 2.13. The van der Waals surface area contributed by atoms with Crippen molar-refractivity contribution >= 4 is 5.65 Å². The van der Waals surface area contributed by atoms with E-state index in [2.05, 4.69) is 19.9 Å². The largest absolute Gasteiger partial charge is 0.303 e. The Labute approximate surface area is 139 Å². The SMILES string of the molecule is O=c1[nH]c(-c2cn3ccnc3c(Cc3ccccc3F)n2)ncc1F. The van der Waals surface area contributed by atoms with Gasteiger partial charge in [0.1, 0.15) is 11.5 Å². The maximum Gasteiger partial charge on any atom is 0.287 e. The van der Waals surface area contributed by atoms with E-state index in [4.69, 9.17) is 0 Å². The third-order valence-electron chi connectivity index (χ3n) is 3.76. The Morgan fingerprint density at radius 2 is 1.96 bits per heavy atom. The lowest BCUT2D eigenvalue weighted by Crippen LogP contribution is -2.13. The van der Waals surface area contributed by atoms with Crippen molar-refractivity contribution in [1.29, 1.82) is 0 Å². The van der Waals surface area contributed by atoms with Crippen LogP contribution in [0.5, 0.6) is 0 Å². The molecule has 0 aliphatic heterocycles. The quantitative estimate of drug-likeness (QED) is 0.622. The lowest BCUT2D eigenvalue weighted by atomic mass is 10.1. The number of nitrogens with zero attached hydrogens (tertiary/aromatic N) is 4. The molecule has 1 aromatic carbocycles. The summed E-state index contributed by atoms with van der Waals surface area (Å²) in [6.07, 6.45) is 5.96. The maximum atomic E-state index is 14.0. The Kier molecular flexibility index (Phi) is 3.57. The lowest BCUT2D eigenvalue weighted by molar-refractivity contribution is 0.601. The Hall–Kier alpha value is -3.42. The van der Waals surface area contributed by atoms with Crippen molar-refractivity contribution in [2.75, 3.05) is 0 Å². The molecule has 0 unspecified atom stereocenters. The van der Waals surface area contributed by atoms with Gasteiger partial charge in [-0.3, -0.25) is 4.79 Å². The normalized spacial score (nSPS) is 11.1. The molecule has 0 saturated carbocycles. The minimum absolute atomic E-state index is 0.122. The van der Waals surface area contributed by atoms with Crippen LogP contribution in [0.1, 0.15) is 11.3 Å². The van der Waals surface area contributed by atoms with Gasteiger partial charge in [-0.25, -0.2) is 19.3 Å².